The van der Waals surface area contributed by atoms with E-state index in [1.807, 2.05) is 6.92 Å². The first-order valence-corrected chi connectivity index (χ1v) is 5.31. The molecule has 0 N–H and O–H groups in total. The lowest BCUT2D eigenvalue weighted by Gasteiger charge is -1.99. The van der Waals surface area contributed by atoms with Gasteiger partial charge in [0.1, 0.15) is 4.88 Å². The molecule has 70 valence electrons. The maximum Gasteiger partial charge on any atom is 0.350 e. The Balaban J connectivity index is 2.18. The molecule has 0 saturated heterocycles. The Hall–Kier alpha value is -0.900. The van der Waals surface area contributed by atoms with Gasteiger partial charge < -0.3 is 4.74 Å². The molecule has 0 amide bonds. The molecule has 2 rings (SSSR count). The molecule has 3 nitrogen and oxygen atoms in total. The normalized spacial score (nSPS) is 15.8. The van der Waals surface area contributed by atoms with Crippen LogP contribution in [0, 0.1) is 0 Å². The van der Waals surface area contributed by atoms with Crippen molar-refractivity contribution in [1.82, 2.24) is 4.98 Å². The third-order valence-electron chi connectivity index (χ3n) is 2.02. The second-order valence-electron chi connectivity index (χ2n) is 3.06. The van der Waals surface area contributed by atoms with Gasteiger partial charge in [0.25, 0.3) is 0 Å². The molecular formula is C9H11NO2S. The molecule has 0 unspecified atom stereocenters. The number of hydrogen-bond acceptors (Lipinski definition) is 4. The second-order valence-corrected chi connectivity index (χ2v) is 3.92. The number of esters is 1. The number of carbonyl (C=O) groups is 1. The Morgan fingerprint density at radius 2 is 2.54 bits per heavy atom. The summed E-state index contributed by atoms with van der Waals surface area (Å²) in [6, 6.07) is 0. The number of rotatable bonds is 3. The zero-order chi connectivity index (χ0) is 9.26. The van der Waals surface area contributed by atoms with E-state index in [1.165, 1.54) is 11.3 Å². The minimum Gasteiger partial charge on any atom is -0.462 e. The molecule has 1 saturated carbocycles. The summed E-state index contributed by atoms with van der Waals surface area (Å²) >= 11 is 1.38. The lowest BCUT2D eigenvalue weighted by Crippen LogP contribution is -2.05. The Morgan fingerprint density at radius 1 is 1.77 bits per heavy atom. The molecular weight excluding hydrogens is 186 g/mol. The van der Waals surface area contributed by atoms with Crippen molar-refractivity contribution in [2.75, 3.05) is 6.61 Å². The summed E-state index contributed by atoms with van der Waals surface area (Å²) in [5, 5.41) is 0. The van der Waals surface area contributed by atoms with Crippen molar-refractivity contribution in [2.24, 2.45) is 0 Å². The number of carbonyl (C=O) groups excluding carboxylic acids is 1. The van der Waals surface area contributed by atoms with E-state index >= 15 is 0 Å². The molecule has 0 radical (unpaired) electrons. The zero-order valence-electron chi connectivity index (χ0n) is 7.45. The van der Waals surface area contributed by atoms with Crippen LogP contribution in [0.3, 0.4) is 0 Å². The molecule has 1 aliphatic carbocycles. The summed E-state index contributed by atoms with van der Waals surface area (Å²) < 4.78 is 4.94. The fraction of sp³-hybridized carbons (Fsp3) is 0.556. The van der Waals surface area contributed by atoms with Crippen LogP contribution in [0.2, 0.25) is 0 Å². The van der Waals surface area contributed by atoms with Crippen LogP contribution in [0.5, 0.6) is 0 Å². The molecule has 1 aromatic heterocycles. The standard InChI is InChI=1S/C9H11NO2S/c1-2-12-9(11)8-7(6-3-4-6)10-5-13-8/h5-6H,2-4H2,1H3. The molecule has 0 atom stereocenters. The van der Waals surface area contributed by atoms with Crippen LogP contribution in [0.15, 0.2) is 5.51 Å². The fourth-order valence-corrected chi connectivity index (χ4v) is 2.02. The van der Waals surface area contributed by atoms with Gasteiger partial charge in [0.15, 0.2) is 0 Å². The van der Waals surface area contributed by atoms with Crippen LogP contribution in [-0.4, -0.2) is 17.6 Å². The molecule has 0 bridgehead atoms. The highest BCUT2D eigenvalue weighted by atomic mass is 32.1. The van der Waals surface area contributed by atoms with E-state index in [4.69, 9.17) is 4.74 Å². The topological polar surface area (TPSA) is 39.2 Å². The largest absolute Gasteiger partial charge is 0.462 e. The Labute approximate surface area is 80.8 Å². The van der Waals surface area contributed by atoms with Crippen LogP contribution in [0.1, 0.15) is 41.0 Å². The van der Waals surface area contributed by atoms with Crippen LogP contribution >= 0.6 is 11.3 Å². The third kappa shape index (κ3) is 1.72. The minimum atomic E-state index is -0.216. The van der Waals surface area contributed by atoms with Gasteiger partial charge in [0, 0.05) is 5.92 Å². The minimum absolute atomic E-state index is 0.216. The van der Waals surface area contributed by atoms with Gasteiger partial charge in [-0.1, -0.05) is 0 Å². The molecule has 1 aromatic rings. The maximum absolute atomic E-state index is 11.4. The monoisotopic (exact) mass is 197 g/mol. The zero-order valence-corrected chi connectivity index (χ0v) is 8.26. The number of thiazole rings is 1. The highest BCUT2D eigenvalue weighted by Gasteiger charge is 2.30. The van der Waals surface area contributed by atoms with Gasteiger partial charge >= 0.3 is 5.97 Å². The quantitative estimate of drug-likeness (QED) is 0.697. The highest BCUT2D eigenvalue weighted by Crippen LogP contribution is 2.41. The molecule has 1 aliphatic rings. The van der Waals surface area contributed by atoms with Gasteiger partial charge in [-0.3, -0.25) is 0 Å². The van der Waals surface area contributed by atoms with Gasteiger partial charge in [-0.05, 0) is 19.8 Å². The van der Waals surface area contributed by atoms with E-state index in [1.54, 1.807) is 5.51 Å². The van der Waals surface area contributed by atoms with Crippen molar-refractivity contribution in [3.63, 3.8) is 0 Å². The van der Waals surface area contributed by atoms with Crippen LogP contribution in [-0.2, 0) is 4.74 Å². The smallest absolute Gasteiger partial charge is 0.350 e. The Morgan fingerprint density at radius 3 is 3.15 bits per heavy atom. The van der Waals surface area contributed by atoms with E-state index in [0.29, 0.717) is 17.4 Å². The van der Waals surface area contributed by atoms with Crippen molar-refractivity contribution in [1.29, 1.82) is 0 Å². The van der Waals surface area contributed by atoms with E-state index in [9.17, 15) is 4.79 Å². The lowest BCUT2D eigenvalue weighted by molar-refractivity contribution is 0.0530. The van der Waals surface area contributed by atoms with Crippen molar-refractivity contribution >= 4 is 17.3 Å². The number of nitrogens with zero attached hydrogens (tertiary/aromatic N) is 1. The third-order valence-corrected chi connectivity index (χ3v) is 2.84. The summed E-state index contributed by atoms with van der Waals surface area (Å²) in [7, 11) is 0. The first-order valence-electron chi connectivity index (χ1n) is 4.43. The summed E-state index contributed by atoms with van der Waals surface area (Å²) in [6.45, 7) is 2.25. The number of ether oxygens (including phenoxy) is 1. The van der Waals surface area contributed by atoms with Crippen molar-refractivity contribution < 1.29 is 9.53 Å². The molecule has 0 aromatic carbocycles. The van der Waals surface area contributed by atoms with E-state index < -0.39 is 0 Å². The Kier molecular flexibility index (Phi) is 2.31. The van der Waals surface area contributed by atoms with Gasteiger partial charge in [0.2, 0.25) is 0 Å². The van der Waals surface area contributed by atoms with Crippen molar-refractivity contribution in [3.8, 4) is 0 Å². The second kappa shape index (κ2) is 3.46. The van der Waals surface area contributed by atoms with Gasteiger partial charge in [0.05, 0.1) is 17.8 Å². The summed E-state index contributed by atoms with van der Waals surface area (Å²) in [5.41, 5.74) is 2.67. The van der Waals surface area contributed by atoms with Crippen molar-refractivity contribution in [2.45, 2.75) is 25.7 Å². The molecule has 1 fully saturated rings. The molecule has 0 spiro atoms. The molecule has 0 aliphatic heterocycles. The fourth-order valence-electron chi connectivity index (χ4n) is 1.25. The van der Waals surface area contributed by atoms with E-state index in [2.05, 4.69) is 4.98 Å². The first kappa shape index (κ1) is 8.69. The van der Waals surface area contributed by atoms with Gasteiger partial charge in [-0.25, -0.2) is 9.78 Å². The first-order chi connectivity index (χ1) is 6.33. The highest BCUT2D eigenvalue weighted by molar-refractivity contribution is 7.11. The average Bonchev–Trinajstić information content (AvgIpc) is 2.84. The maximum atomic E-state index is 11.4. The molecule has 13 heavy (non-hydrogen) atoms. The summed E-state index contributed by atoms with van der Waals surface area (Å²) in [5.74, 6) is 0.303. The van der Waals surface area contributed by atoms with Gasteiger partial charge in [-0.2, -0.15) is 0 Å². The number of hydrogen-bond donors (Lipinski definition) is 0. The number of aromatic nitrogens is 1. The van der Waals surface area contributed by atoms with Gasteiger partial charge in [-0.15, -0.1) is 11.3 Å². The van der Waals surface area contributed by atoms with Crippen LogP contribution < -0.4 is 0 Å². The average molecular weight is 197 g/mol. The van der Waals surface area contributed by atoms with Crippen LogP contribution in [0.4, 0.5) is 0 Å². The van der Waals surface area contributed by atoms with E-state index in [0.717, 1.165) is 18.5 Å². The van der Waals surface area contributed by atoms with Crippen molar-refractivity contribution in [3.05, 3.63) is 16.1 Å². The van der Waals surface area contributed by atoms with E-state index in [-0.39, 0.29) is 5.97 Å². The summed E-state index contributed by atoms with van der Waals surface area (Å²) in [6.07, 6.45) is 2.33. The molecule has 4 heteroatoms. The summed E-state index contributed by atoms with van der Waals surface area (Å²) in [4.78, 5) is 16.3. The molecule has 1 heterocycles. The lowest BCUT2D eigenvalue weighted by atomic mass is 10.2. The Bertz CT molecular complexity index is 317. The van der Waals surface area contributed by atoms with Crippen LogP contribution in [0.25, 0.3) is 0 Å². The predicted octanol–water partition coefficient (Wildman–Crippen LogP) is 2.20. The predicted molar refractivity (Wildman–Crippen MR) is 50.0 cm³/mol. The SMILES string of the molecule is CCOC(=O)c1scnc1C1CC1.